The summed E-state index contributed by atoms with van der Waals surface area (Å²) in [6, 6.07) is 9.10. The average Bonchev–Trinajstić information content (AvgIpc) is 2.90. The molecule has 1 atom stereocenters. The van der Waals surface area contributed by atoms with Crippen molar-refractivity contribution in [1.82, 2.24) is 10.1 Å². The van der Waals surface area contributed by atoms with Crippen LogP contribution in [0.5, 0.6) is 0 Å². The Morgan fingerprint density at radius 1 is 1.37 bits per heavy atom. The Bertz CT molecular complexity index is 564. The largest absolute Gasteiger partial charge is 0.359 e. The van der Waals surface area contributed by atoms with Gasteiger partial charge in [0.05, 0.1) is 6.54 Å². The van der Waals surface area contributed by atoms with Crippen LogP contribution < -0.4 is 4.90 Å². The lowest BCUT2D eigenvalue weighted by Crippen LogP contribution is -2.36. The molecule has 1 aliphatic heterocycles. The van der Waals surface area contributed by atoms with E-state index in [0.29, 0.717) is 18.5 Å². The maximum atomic E-state index is 5.32. The lowest BCUT2D eigenvalue weighted by Gasteiger charge is -2.36. The fraction of sp³-hybridized carbons (Fsp3) is 0.467. The fourth-order valence-electron chi connectivity index (χ4n) is 2.64. The molecule has 1 aromatic carbocycles. The summed E-state index contributed by atoms with van der Waals surface area (Å²) < 4.78 is 5.32. The first kappa shape index (κ1) is 12.2. The van der Waals surface area contributed by atoms with Gasteiger partial charge < -0.3 is 9.42 Å². The van der Waals surface area contributed by atoms with Crippen molar-refractivity contribution in [2.75, 3.05) is 4.90 Å². The standard InChI is InChI=1S/C15H19N3O/c1-3-14-16-15(19-17-14)10-18-11(2)8-9-12-6-4-5-7-13(12)18/h4-7,11H,3,8-10H2,1-2H3. The number of anilines is 1. The molecule has 1 aliphatic rings. The Morgan fingerprint density at radius 2 is 2.21 bits per heavy atom. The molecule has 1 aromatic heterocycles. The molecule has 0 aliphatic carbocycles. The highest BCUT2D eigenvalue weighted by Crippen LogP contribution is 2.31. The van der Waals surface area contributed by atoms with Gasteiger partial charge in [0.2, 0.25) is 5.89 Å². The third kappa shape index (κ3) is 2.35. The van der Waals surface area contributed by atoms with Gasteiger partial charge in [0.15, 0.2) is 5.82 Å². The minimum absolute atomic E-state index is 0.506. The van der Waals surface area contributed by atoms with Crippen molar-refractivity contribution in [2.45, 2.75) is 45.7 Å². The molecule has 2 aromatic rings. The molecule has 2 heterocycles. The van der Waals surface area contributed by atoms with E-state index in [1.54, 1.807) is 0 Å². The molecule has 4 nitrogen and oxygen atoms in total. The number of nitrogens with zero attached hydrogens (tertiary/aromatic N) is 3. The predicted molar refractivity (Wildman–Crippen MR) is 74.1 cm³/mol. The van der Waals surface area contributed by atoms with E-state index in [9.17, 15) is 0 Å². The Balaban J connectivity index is 1.87. The number of aryl methyl sites for hydroxylation is 2. The van der Waals surface area contributed by atoms with Gasteiger partial charge in [-0.15, -0.1) is 0 Å². The second kappa shape index (κ2) is 5.03. The predicted octanol–water partition coefficient (Wildman–Crippen LogP) is 2.97. The highest BCUT2D eigenvalue weighted by molar-refractivity contribution is 5.56. The summed E-state index contributed by atoms with van der Waals surface area (Å²) in [5.41, 5.74) is 2.72. The molecule has 0 spiro atoms. The highest BCUT2D eigenvalue weighted by Gasteiger charge is 2.24. The van der Waals surface area contributed by atoms with Crippen molar-refractivity contribution >= 4 is 5.69 Å². The first-order chi connectivity index (χ1) is 9.28. The van der Waals surface area contributed by atoms with E-state index in [-0.39, 0.29) is 0 Å². The molecule has 0 bridgehead atoms. The molecular formula is C15H19N3O. The second-order valence-electron chi connectivity index (χ2n) is 5.10. The van der Waals surface area contributed by atoms with Crippen molar-refractivity contribution in [3.8, 4) is 0 Å². The zero-order valence-electron chi connectivity index (χ0n) is 11.5. The number of benzene rings is 1. The Labute approximate surface area is 113 Å². The SMILES string of the molecule is CCc1noc(CN2c3ccccc3CCC2C)n1. The van der Waals surface area contributed by atoms with Gasteiger partial charge in [0, 0.05) is 18.2 Å². The van der Waals surface area contributed by atoms with Gasteiger partial charge in [0.1, 0.15) is 0 Å². The molecule has 1 unspecified atom stereocenters. The van der Waals surface area contributed by atoms with Crippen molar-refractivity contribution in [2.24, 2.45) is 0 Å². The first-order valence-corrected chi connectivity index (χ1v) is 6.94. The smallest absolute Gasteiger partial charge is 0.246 e. The van der Waals surface area contributed by atoms with Crippen LogP contribution >= 0.6 is 0 Å². The maximum Gasteiger partial charge on any atom is 0.246 e. The summed E-state index contributed by atoms with van der Waals surface area (Å²) in [5.74, 6) is 1.49. The summed E-state index contributed by atoms with van der Waals surface area (Å²) in [5, 5.41) is 3.97. The number of hydrogen-bond acceptors (Lipinski definition) is 4. The summed E-state index contributed by atoms with van der Waals surface area (Å²) >= 11 is 0. The molecule has 19 heavy (non-hydrogen) atoms. The topological polar surface area (TPSA) is 42.2 Å². The molecule has 3 rings (SSSR count). The average molecular weight is 257 g/mol. The lowest BCUT2D eigenvalue weighted by molar-refractivity contribution is 0.365. The van der Waals surface area contributed by atoms with E-state index in [4.69, 9.17) is 4.52 Å². The molecule has 100 valence electrons. The Morgan fingerprint density at radius 3 is 3.00 bits per heavy atom. The van der Waals surface area contributed by atoms with Gasteiger partial charge in [-0.25, -0.2) is 0 Å². The number of aromatic nitrogens is 2. The maximum absolute atomic E-state index is 5.32. The van der Waals surface area contributed by atoms with Gasteiger partial charge in [-0.3, -0.25) is 0 Å². The zero-order valence-corrected chi connectivity index (χ0v) is 11.5. The van der Waals surface area contributed by atoms with E-state index >= 15 is 0 Å². The summed E-state index contributed by atoms with van der Waals surface area (Å²) in [4.78, 5) is 6.78. The minimum Gasteiger partial charge on any atom is -0.359 e. The molecular weight excluding hydrogens is 238 g/mol. The Hall–Kier alpha value is -1.84. The Kier molecular flexibility index (Phi) is 3.23. The van der Waals surface area contributed by atoms with E-state index < -0.39 is 0 Å². The molecule has 4 heteroatoms. The quantitative estimate of drug-likeness (QED) is 0.847. The third-order valence-corrected chi connectivity index (χ3v) is 3.80. The summed E-state index contributed by atoms with van der Waals surface area (Å²) in [6.07, 6.45) is 3.14. The van der Waals surface area contributed by atoms with Gasteiger partial charge in [-0.2, -0.15) is 4.98 Å². The van der Waals surface area contributed by atoms with Gasteiger partial charge in [-0.05, 0) is 31.4 Å². The molecule has 0 saturated heterocycles. The fourth-order valence-corrected chi connectivity index (χ4v) is 2.64. The molecule has 0 amide bonds. The summed E-state index contributed by atoms with van der Waals surface area (Å²) in [7, 11) is 0. The monoisotopic (exact) mass is 257 g/mol. The van der Waals surface area contributed by atoms with Crippen molar-refractivity contribution in [1.29, 1.82) is 0 Å². The second-order valence-corrected chi connectivity index (χ2v) is 5.10. The van der Waals surface area contributed by atoms with Crippen molar-refractivity contribution < 1.29 is 4.52 Å². The number of hydrogen-bond donors (Lipinski definition) is 0. The normalized spacial score (nSPS) is 18.4. The van der Waals surface area contributed by atoms with E-state index in [0.717, 1.165) is 18.7 Å². The number of rotatable bonds is 3. The minimum atomic E-state index is 0.506. The van der Waals surface area contributed by atoms with Crippen LogP contribution in [0.4, 0.5) is 5.69 Å². The molecule has 0 saturated carbocycles. The van der Waals surface area contributed by atoms with Gasteiger partial charge in [0.25, 0.3) is 0 Å². The molecule has 0 N–H and O–H groups in total. The van der Waals surface area contributed by atoms with Crippen LogP contribution in [0, 0.1) is 0 Å². The third-order valence-electron chi connectivity index (χ3n) is 3.80. The first-order valence-electron chi connectivity index (χ1n) is 6.94. The van der Waals surface area contributed by atoms with Crippen LogP contribution in [0.2, 0.25) is 0 Å². The molecule has 0 radical (unpaired) electrons. The summed E-state index contributed by atoms with van der Waals surface area (Å²) in [6.45, 7) is 4.99. The van der Waals surface area contributed by atoms with Crippen LogP contribution in [-0.4, -0.2) is 16.2 Å². The van der Waals surface area contributed by atoms with Gasteiger partial charge >= 0.3 is 0 Å². The van der Waals surface area contributed by atoms with E-state index in [1.807, 2.05) is 6.92 Å². The highest BCUT2D eigenvalue weighted by atomic mass is 16.5. The van der Waals surface area contributed by atoms with E-state index in [2.05, 4.69) is 46.2 Å². The van der Waals surface area contributed by atoms with E-state index in [1.165, 1.54) is 17.7 Å². The van der Waals surface area contributed by atoms with Crippen LogP contribution in [-0.2, 0) is 19.4 Å². The van der Waals surface area contributed by atoms with Crippen LogP contribution in [0.25, 0.3) is 0 Å². The van der Waals surface area contributed by atoms with Crippen LogP contribution in [0.15, 0.2) is 28.8 Å². The van der Waals surface area contributed by atoms with Gasteiger partial charge in [-0.1, -0.05) is 30.3 Å². The van der Waals surface area contributed by atoms with Crippen molar-refractivity contribution in [3.63, 3.8) is 0 Å². The number of fused-ring (bicyclic) bond motifs is 1. The van der Waals surface area contributed by atoms with Crippen LogP contribution in [0.3, 0.4) is 0 Å². The molecule has 0 fully saturated rings. The number of para-hydroxylation sites is 1. The van der Waals surface area contributed by atoms with Crippen molar-refractivity contribution in [3.05, 3.63) is 41.5 Å². The van der Waals surface area contributed by atoms with Crippen LogP contribution in [0.1, 0.15) is 37.5 Å². The zero-order chi connectivity index (χ0) is 13.2. The lowest BCUT2D eigenvalue weighted by atomic mass is 9.97.